The Balaban J connectivity index is 1.82. The van der Waals surface area contributed by atoms with E-state index < -0.39 is 0 Å². The molecule has 0 saturated carbocycles. The first-order chi connectivity index (χ1) is 9.77. The molecular formula is C17H26N2S. The molecule has 1 aromatic rings. The second-order valence-corrected chi connectivity index (χ2v) is 7.63. The van der Waals surface area contributed by atoms with Gasteiger partial charge in [-0.05, 0) is 36.8 Å². The maximum Gasteiger partial charge on any atom is 0.0375 e. The van der Waals surface area contributed by atoms with Gasteiger partial charge in [0.2, 0.25) is 0 Å². The highest BCUT2D eigenvalue weighted by Crippen LogP contribution is 2.35. The van der Waals surface area contributed by atoms with Gasteiger partial charge in [-0.3, -0.25) is 4.90 Å². The molecule has 0 radical (unpaired) electrons. The molecule has 2 aliphatic rings. The number of thioether (sulfide) groups is 1. The summed E-state index contributed by atoms with van der Waals surface area (Å²) in [6, 6.07) is 8.93. The Hall–Kier alpha value is -0.510. The second-order valence-electron chi connectivity index (χ2n) is 6.22. The lowest BCUT2D eigenvalue weighted by molar-refractivity contribution is 0.0824. The van der Waals surface area contributed by atoms with Crippen molar-refractivity contribution in [1.29, 1.82) is 0 Å². The van der Waals surface area contributed by atoms with Gasteiger partial charge in [-0.1, -0.05) is 31.2 Å². The van der Waals surface area contributed by atoms with Crippen LogP contribution in [-0.4, -0.2) is 41.1 Å². The number of hydrogen-bond donors (Lipinski definition) is 1. The summed E-state index contributed by atoms with van der Waals surface area (Å²) in [5.41, 5.74) is 9.54. The monoisotopic (exact) mass is 290 g/mol. The van der Waals surface area contributed by atoms with Crippen molar-refractivity contribution in [2.45, 2.75) is 43.4 Å². The first kappa shape index (κ1) is 14.4. The third kappa shape index (κ3) is 2.63. The first-order valence-corrected chi connectivity index (χ1v) is 8.96. The fourth-order valence-electron chi connectivity index (χ4n) is 3.75. The second kappa shape index (κ2) is 6.08. The van der Waals surface area contributed by atoms with Gasteiger partial charge in [-0.25, -0.2) is 0 Å². The highest BCUT2D eigenvalue weighted by atomic mass is 32.2. The lowest BCUT2D eigenvalue weighted by atomic mass is 9.76. The molecule has 0 amide bonds. The maximum atomic E-state index is 6.26. The van der Waals surface area contributed by atoms with Crippen molar-refractivity contribution in [2.75, 3.05) is 25.4 Å². The number of rotatable bonds is 3. The van der Waals surface area contributed by atoms with Gasteiger partial charge in [0.15, 0.2) is 0 Å². The third-order valence-corrected chi connectivity index (χ3v) is 6.51. The average Bonchev–Trinajstić information content (AvgIpc) is 2.54. The summed E-state index contributed by atoms with van der Waals surface area (Å²) in [5, 5.41) is 0.796. The molecule has 0 spiro atoms. The van der Waals surface area contributed by atoms with Gasteiger partial charge in [0.1, 0.15) is 0 Å². The van der Waals surface area contributed by atoms with Gasteiger partial charge < -0.3 is 5.73 Å². The maximum absolute atomic E-state index is 6.26. The Morgan fingerprint density at radius 2 is 2.15 bits per heavy atom. The summed E-state index contributed by atoms with van der Waals surface area (Å²) in [6.07, 6.45) is 4.83. The summed E-state index contributed by atoms with van der Waals surface area (Å²) >= 11 is 2.14. The molecule has 3 heteroatoms. The lowest BCUT2D eigenvalue weighted by Crippen LogP contribution is -2.60. The van der Waals surface area contributed by atoms with E-state index in [0.717, 1.165) is 18.2 Å². The molecule has 3 rings (SSSR count). The van der Waals surface area contributed by atoms with Crippen molar-refractivity contribution >= 4 is 11.8 Å². The molecule has 1 aliphatic heterocycles. The SMILES string of the molecule is CCC1CN(C2(CN)CCc3ccccc3C2)CCS1. The summed E-state index contributed by atoms with van der Waals surface area (Å²) in [4.78, 5) is 2.72. The molecule has 1 aliphatic carbocycles. The Morgan fingerprint density at radius 3 is 2.90 bits per heavy atom. The highest BCUT2D eigenvalue weighted by molar-refractivity contribution is 8.00. The molecule has 20 heavy (non-hydrogen) atoms. The van der Waals surface area contributed by atoms with Crippen LogP contribution >= 0.6 is 11.8 Å². The normalized spacial score (nSPS) is 31.0. The standard InChI is InChI=1S/C17H26N2S/c1-2-16-12-19(9-10-20-16)17(13-18)8-7-14-5-3-4-6-15(14)11-17/h3-6,16H,2,7-13,18H2,1H3. The Morgan fingerprint density at radius 1 is 1.35 bits per heavy atom. The van der Waals surface area contributed by atoms with Crippen molar-refractivity contribution < 1.29 is 0 Å². The van der Waals surface area contributed by atoms with Crippen LogP contribution in [0, 0.1) is 0 Å². The third-order valence-electron chi connectivity index (χ3n) is 5.14. The minimum atomic E-state index is 0.211. The fourth-order valence-corrected chi connectivity index (χ4v) is 4.93. The number of aryl methyl sites for hydroxylation is 1. The van der Waals surface area contributed by atoms with Crippen LogP contribution in [0.5, 0.6) is 0 Å². The van der Waals surface area contributed by atoms with Crippen LogP contribution in [0.4, 0.5) is 0 Å². The number of fused-ring (bicyclic) bond motifs is 1. The molecule has 0 aromatic heterocycles. The van der Waals surface area contributed by atoms with E-state index in [4.69, 9.17) is 5.73 Å². The van der Waals surface area contributed by atoms with E-state index in [0.29, 0.717) is 0 Å². The molecule has 2 nitrogen and oxygen atoms in total. The van der Waals surface area contributed by atoms with Gasteiger partial charge in [0.05, 0.1) is 0 Å². The molecule has 2 unspecified atom stereocenters. The molecule has 1 saturated heterocycles. The van der Waals surface area contributed by atoms with E-state index >= 15 is 0 Å². The van der Waals surface area contributed by atoms with Crippen molar-refractivity contribution in [3.05, 3.63) is 35.4 Å². The van der Waals surface area contributed by atoms with E-state index in [1.807, 2.05) is 0 Å². The van der Waals surface area contributed by atoms with Crippen LogP contribution in [0.2, 0.25) is 0 Å². The van der Waals surface area contributed by atoms with E-state index in [-0.39, 0.29) is 5.54 Å². The van der Waals surface area contributed by atoms with Gasteiger partial charge in [-0.15, -0.1) is 0 Å². The molecule has 2 N–H and O–H groups in total. The quantitative estimate of drug-likeness (QED) is 0.928. The predicted molar refractivity (Wildman–Crippen MR) is 88.4 cm³/mol. The van der Waals surface area contributed by atoms with Crippen molar-refractivity contribution in [3.63, 3.8) is 0 Å². The number of hydrogen-bond acceptors (Lipinski definition) is 3. The van der Waals surface area contributed by atoms with Gasteiger partial charge in [-0.2, -0.15) is 11.8 Å². The smallest absolute Gasteiger partial charge is 0.0375 e. The highest BCUT2D eigenvalue weighted by Gasteiger charge is 2.40. The fraction of sp³-hybridized carbons (Fsp3) is 0.647. The van der Waals surface area contributed by atoms with E-state index in [2.05, 4.69) is 47.9 Å². The van der Waals surface area contributed by atoms with Crippen LogP contribution < -0.4 is 5.73 Å². The lowest BCUT2D eigenvalue weighted by Gasteiger charge is -2.49. The summed E-state index contributed by atoms with van der Waals surface area (Å²) in [6.45, 7) is 5.54. The molecule has 2 atom stereocenters. The van der Waals surface area contributed by atoms with Crippen molar-refractivity contribution in [2.24, 2.45) is 5.73 Å². The Labute approximate surface area is 127 Å². The van der Waals surface area contributed by atoms with Crippen molar-refractivity contribution in [3.8, 4) is 0 Å². The van der Waals surface area contributed by atoms with Gasteiger partial charge in [0, 0.05) is 36.2 Å². The van der Waals surface area contributed by atoms with E-state index in [9.17, 15) is 0 Å². The minimum Gasteiger partial charge on any atom is -0.329 e. The zero-order chi connectivity index (χ0) is 14.0. The van der Waals surface area contributed by atoms with Crippen LogP contribution in [0.1, 0.15) is 30.9 Å². The molecule has 1 aromatic carbocycles. The summed E-state index contributed by atoms with van der Waals surface area (Å²) in [7, 11) is 0. The minimum absolute atomic E-state index is 0.211. The van der Waals surface area contributed by atoms with Crippen molar-refractivity contribution in [1.82, 2.24) is 4.90 Å². The topological polar surface area (TPSA) is 29.3 Å². The zero-order valence-electron chi connectivity index (χ0n) is 12.5. The first-order valence-electron chi connectivity index (χ1n) is 7.91. The van der Waals surface area contributed by atoms with E-state index in [1.54, 1.807) is 0 Å². The Bertz CT molecular complexity index is 462. The molecular weight excluding hydrogens is 264 g/mol. The van der Waals surface area contributed by atoms with Crippen LogP contribution in [0.3, 0.4) is 0 Å². The zero-order valence-corrected chi connectivity index (χ0v) is 13.3. The number of benzene rings is 1. The number of nitrogens with zero attached hydrogens (tertiary/aromatic N) is 1. The largest absolute Gasteiger partial charge is 0.329 e. The van der Waals surface area contributed by atoms with E-state index in [1.165, 1.54) is 49.2 Å². The molecule has 110 valence electrons. The van der Waals surface area contributed by atoms with Gasteiger partial charge in [0.25, 0.3) is 0 Å². The van der Waals surface area contributed by atoms with Gasteiger partial charge >= 0.3 is 0 Å². The number of nitrogens with two attached hydrogens (primary N) is 1. The molecule has 1 fully saturated rings. The van der Waals surface area contributed by atoms with Crippen LogP contribution in [0.25, 0.3) is 0 Å². The molecule has 1 heterocycles. The average molecular weight is 290 g/mol. The summed E-state index contributed by atoms with van der Waals surface area (Å²) in [5.74, 6) is 1.27. The van der Waals surface area contributed by atoms with Crippen LogP contribution in [0.15, 0.2) is 24.3 Å². The van der Waals surface area contributed by atoms with Crippen LogP contribution in [-0.2, 0) is 12.8 Å². The Kier molecular flexibility index (Phi) is 4.39. The predicted octanol–water partition coefficient (Wildman–Crippen LogP) is 2.70. The molecule has 0 bridgehead atoms. The summed E-state index contributed by atoms with van der Waals surface area (Å²) < 4.78 is 0.